The van der Waals surface area contributed by atoms with Gasteiger partial charge in [0.2, 0.25) is 0 Å². The molecule has 0 saturated carbocycles. The van der Waals surface area contributed by atoms with E-state index in [9.17, 15) is 23.2 Å². The van der Waals surface area contributed by atoms with Crippen molar-refractivity contribution in [3.8, 4) is 16.9 Å². The third-order valence-corrected chi connectivity index (χ3v) is 4.89. The van der Waals surface area contributed by atoms with Gasteiger partial charge in [0.25, 0.3) is 17.0 Å². The van der Waals surface area contributed by atoms with Crippen molar-refractivity contribution in [2.45, 2.75) is 0 Å². The van der Waals surface area contributed by atoms with Crippen molar-refractivity contribution < 1.29 is 13.6 Å². The summed E-state index contributed by atoms with van der Waals surface area (Å²) in [7, 11) is 0. The fourth-order valence-corrected chi connectivity index (χ4v) is 3.46. The van der Waals surface area contributed by atoms with Gasteiger partial charge in [0.1, 0.15) is 11.6 Å². The summed E-state index contributed by atoms with van der Waals surface area (Å²) in [5.41, 5.74) is -0.669. The molecule has 10 heteroatoms. The number of rotatable bonds is 4. The van der Waals surface area contributed by atoms with Crippen LogP contribution in [0.2, 0.25) is 0 Å². The third-order valence-electron chi connectivity index (χ3n) is 4.13. The van der Waals surface area contributed by atoms with Crippen LogP contribution in [0, 0.1) is 11.6 Å². The van der Waals surface area contributed by atoms with Gasteiger partial charge in [-0.25, -0.2) is 18.4 Å². The second-order valence-corrected chi connectivity index (χ2v) is 6.98. The van der Waals surface area contributed by atoms with E-state index in [1.807, 2.05) is 0 Å². The standard InChI is InChI=1S/C20H12F2N4O3S/c21-13-5-2-6-14(22)18(13)15-10-30-20(23-15)24-19(29)11-3-1-4-12(9-11)26-17(28)8-7-16(27)25-26/h1-10H,(H,25,27)(H,23,24,29). The van der Waals surface area contributed by atoms with Crippen LogP contribution in [0.3, 0.4) is 0 Å². The molecule has 1 amide bonds. The molecule has 4 rings (SSSR count). The molecule has 0 aliphatic carbocycles. The van der Waals surface area contributed by atoms with E-state index < -0.39 is 28.7 Å². The predicted molar refractivity (Wildman–Crippen MR) is 108 cm³/mol. The zero-order chi connectivity index (χ0) is 21.3. The van der Waals surface area contributed by atoms with Crippen LogP contribution in [0.1, 0.15) is 10.4 Å². The molecule has 0 unspecified atom stereocenters. The molecule has 0 aliphatic heterocycles. The summed E-state index contributed by atoms with van der Waals surface area (Å²) in [5.74, 6) is -2.06. The fraction of sp³-hybridized carbons (Fsp3) is 0. The topological polar surface area (TPSA) is 96.8 Å². The molecule has 2 aromatic heterocycles. The Bertz CT molecular complexity index is 1360. The van der Waals surface area contributed by atoms with E-state index in [0.29, 0.717) is 5.69 Å². The average molecular weight is 426 g/mol. The van der Waals surface area contributed by atoms with Gasteiger partial charge in [-0.1, -0.05) is 12.1 Å². The summed E-state index contributed by atoms with van der Waals surface area (Å²) in [4.78, 5) is 40.1. The van der Waals surface area contributed by atoms with Crippen molar-refractivity contribution in [1.29, 1.82) is 0 Å². The van der Waals surface area contributed by atoms with Gasteiger partial charge in [0.05, 0.1) is 16.9 Å². The Balaban J connectivity index is 1.60. The molecule has 7 nitrogen and oxygen atoms in total. The number of nitrogens with zero attached hydrogens (tertiary/aromatic N) is 2. The van der Waals surface area contributed by atoms with Crippen molar-refractivity contribution >= 4 is 22.4 Å². The Morgan fingerprint density at radius 2 is 1.77 bits per heavy atom. The molecular formula is C20H12F2N4O3S. The number of carbonyl (C=O) groups excluding carboxylic acids is 1. The lowest BCUT2D eigenvalue weighted by molar-refractivity contribution is 0.102. The van der Waals surface area contributed by atoms with Gasteiger partial charge >= 0.3 is 0 Å². The number of aromatic nitrogens is 3. The highest BCUT2D eigenvalue weighted by Gasteiger charge is 2.16. The number of anilines is 1. The van der Waals surface area contributed by atoms with Crippen molar-refractivity contribution in [1.82, 2.24) is 14.8 Å². The fourth-order valence-electron chi connectivity index (χ4n) is 2.76. The molecule has 0 bridgehead atoms. The van der Waals surface area contributed by atoms with E-state index in [1.54, 1.807) is 12.1 Å². The van der Waals surface area contributed by atoms with Crippen LogP contribution in [0.4, 0.5) is 13.9 Å². The largest absolute Gasteiger partial charge is 0.298 e. The van der Waals surface area contributed by atoms with E-state index in [0.717, 1.165) is 40.3 Å². The Morgan fingerprint density at radius 3 is 2.53 bits per heavy atom. The maximum atomic E-state index is 13.9. The van der Waals surface area contributed by atoms with E-state index >= 15 is 0 Å². The normalized spacial score (nSPS) is 10.7. The number of amides is 1. The Kier molecular flexibility index (Phi) is 5.07. The predicted octanol–water partition coefficient (Wildman–Crippen LogP) is 3.18. The van der Waals surface area contributed by atoms with Gasteiger partial charge in [0.15, 0.2) is 5.13 Å². The molecule has 0 atom stereocenters. The first kappa shape index (κ1) is 19.4. The smallest absolute Gasteiger partial charge is 0.269 e. The average Bonchev–Trinajstić information content (AvgIpc) is 3.17. The maximum absolute atomic E-state index is 13.9. The molecule has 2 aromatic carbocycles. The summed E-state index contributed by atoms with van der Waals surface area (Å²) in [5, 5.41) is 6.51. The van der Waals surface area contributed by atoms with Gasteiger partial charge in [-0.15, -0.1) is 11.3 Å². The monoisotopic (exact) mass is 426 g/mol. The molecule has 2 heterocycles. The first-order chi connectivity index (χ1) is 14.4. The molecule has 0 fully saturated rings. The Morgan fingerprint density at radius 1 is 1.03 bits per heavy atom. The van der Waals surface area contributed by atoms with Gasteiger partial charge in [-0.2, -0.15) is 0 Å². The molecule has 0 spiro atoms. The zero-order valence-electron chi connectivity index (χ0n) is 15.1. The maximum Gasteiger partial charge on any atom is 0.269 e. The van der Waals surface area contributed by atoms with Crippen LogP contribution < -0.4 is 16.4 Å². The Labute approximate surface area is 171 Å². The quantitative estimate of drug-likeness (QED) is 0.524. The van der Waals surface area contributed by atoms with Crippen molar-refractivity contribution in [3.05, 3.63) is 97.9 Å². The molecule has 0 radical (unpaired) electrons. The highest BCUT2D eigenvalue weighted by Crippen LogP contribution is 2.29. The van der Waals surface area contributed by atoms with Crippen LogP contribution in [-0.4, -0.2) is 20.7 Å². The van der Waals surface area contributed by atoms with Crippen LogP contribution in [0.25, 0.3) is 16.9 Å². The highest BCUT2D eigenvalue weighted by molar-refractivity contribution is 7.14. The summed E-state index contributed by atoms with van der Waals surface area (Å²) in [6.07, 6.45) is 0. The van der Waals surface area contributed by atoms with Crippen molar-refractivity contribution in [3.63, 3.8) is 0 Å². The molecule has 4 aromatic rings. The van der Waals surface area contributed by atoms with Gasteiger partial charge in [-0.3, -0.25) is 24.8 Å². The molecular weight excluding hydrogens is 414 g/mol. The van der Waals surface area contributed by atoms with Crippen LogP contribution in [0.5, 0.6) is 0 Å². The lowest BCUT2D eigenvalue weighted by Crippen LogP contribution is -2.26. The second kappa shape index (κ2) is 7.84. The van der Waals surface area contributed by atoms with Crippen molar-refractivity contribution in [2.75, 3.05) is 5.32 Å². The SMILES string of the molecule is O=C(Nc1nc(-c2c(F)cccc2F)cs1)c1cccc(-n2[nH]c(=O)ccc2=O)c1. The number of H-pyrrole nitrogens is 1. The first-order valence-corrected chi connectivity index (χ1v) is 9.44. The van der Waals surface area contributed by atoms with Crippen LogP contribution in [0.15, 0.2) is 69.6 Å². The number of carbonyl (C=O) groups is 1. The number of hydrogen-bond acceptors (Lipinski definition) is 5. The van der Waals surface area contributed by atoms with Crippen molar-refractivity contribution in [2.24, 2.45) is 0 Å². The number of thiazole rings is 1. The molecule has 0 saturated heterocycles. The molecule has 2 N–H and O–H groups in total. The van der Waals surface area contributed by atoms with Crippen LogP contribution in [-0.2, 0) is 0 Å². The van der Waals surface area contributed by atoms with Gasteiger partial charge in [0, 0.05) is 23.1 Å². The highest BCUT2D eigenvalue weighted by atomic mass is 32.1. The molecule has 150 valence electrons. The van der Waals surface area contributed by atoms with Gasteiger partial charge in [-0.05, 0) is 30.3 Å². The number of benzene rings is 2. The van der Waals surface area contributed by atoms with E-state index in [1.165, 1.54) is 23.6 Å². The van der Waals surface area contributed by atoms with Gasteiger partial charge < -0.3 is 0 Å². The molecule has 0 aliphatic rings. The first-order valence-electron chi connectivity index (χ1n) is 8.56. The zero-order valence-corrected chi connectivity index (χ0v) is 15.9. The summed E-state index contributed by atoms with van der Waals surface area (Å²) in [6, 6.07) is 11.7. The lowest BCUT2D eigenvalue weighted by Gasteiger charge is -2.07. The molecule has 30 heavy (non-hydrogen) atoms. The Hall–Kier alpha value is -3.92. The number of halogens is 2. The lowest BCUT2D eigenvalue weighted by atomic mass is 10.1. The summed E-state index contributed by atoms with van der Waals surface area (Å²) >= 11 is 1.01. The minimum Gasteiger partial charge on any atom is -0.298 e. The van der Waals surface area contributed by atoms with E-state index in [4.69, 9.17) is 0 Å². The number of aromatic amines is 1. The summed E-state index contributed by atoms with van der Waals surface area (Å²) < 4.78 is 28.9. The third kappa shape index (κ3) is 3.80. The van der Waals surface area contributed by atoms with Crippen LogP contribution >= 0.6 is 11.3 Å². The number of nitrogens with one attached hydrogen (secondary N) is 2. The second-order valence-electron chi connectivity index (χ2n) is 6.12. The van der Waals surface area contributed by atoms with E-state index in [-0.39, 0.29) is 22.0 Å². The minimum absolute atomic E-state index is 0.0630. The van der Waals surface area contributed by atoms with E-state index in [2.05, 4.69) is 15.4 Å². The minimum atomic E-state index is -0.756. The number of hydrogen-bond donors (Lipinski definition) is 2. The summed E-state index contributed by atoms with van der Waals surface area (Å²) in [6.45, 7) is 0.